The number of Topliss-reactive ketones (excluding diaryl/α,β-unsaturated/α-hetero) is 1. The van der Waals surface area contributed by atoms with E-state index in [2.05, 4.69) is 10.3 Å². The zero-order chi connectivity index (χ0) is 20.1. The number of hydrogen-bond acceptors (Lipinski definition) is 5. The first-order chi connectivity index (χ1) is 12.8. The van der Waals surface area contributed by atoms with Gasteiger partial charge in [0.15, 0.2) is 11.6 Å². The molecule has 1 aromatic carbocycles. The number of anilines is 1. The van der Waals surface area contributed by atoms with Crippen LogP contribution in [0.15, 0.2) is 36.2 Å². The van der Waals surface area contributed by atoms with Gasteiger partial charge in [0.2, 0.25) is 5.78 Å². The number of nitrogens with zero attached hydrogens (tertiary/aromatic N) is 1. The van der Waals surface area contributed by atoms with E-state index in [1.807, 2.05) is 0 Å². The van der Waals surface area contributed by atoms with Gasteiger partial charge in [-0.2, -0.15) is 0 Å². The summed E-state index contributed by atoms with van der Waals surface area (Å²) in [5.74, 6) is -7.03. The number of carbonyl (C=O) groups excluding carboxylic acids is 2. The summed E-state index contributed by atoms with van der Waals surface area (Å²) >= 11 is 0. The van der Waals surface area contributed by atoms with Gasteiger partial charge in [-0.25, -0.2) is 27.3 Å². The van der Waals surface area contributed by atoms with Crippen molar-refractivity contribution in [3.05, 3.63) is 70.6 Å². The van der Waals surface area contributed by atoms with Crippen LogP contribution in [-0.2, 0) is 9.53 Å². The van der Waals surface area contributed by atoms with E-state index in [1.54, 1.807) is 0 Å². The molecule has 0 radical (unpaired) electrons. The molecule has 2 rings (SSSR count). The summed E-state index contributed by atoms with van der Waals surface area (Å²) in [5.41, 5.74) is -2.21. The molecule has 0 aliphatic rings. The Morgan fingerprint density at radius 2 is 1.89 bits per heavy atom. The van der Waals surface area contributed by atoms with Crippen LogP contribution in [0.2, 0.25) is 0 Å². The maximum Gasteiger partial charge on any atom is 0.343 e. The van der Waals surface area contributed by atoms with Crippen LogP contribution in [0.3, 0.4) is 0 Å². The average molecular weight is 382 g/mol. The minimum Gasteiger partial charge on any atom is -0.462 e. The van der Waals surface area contributed by atoms with E-state index < -0.39 is 51.7 Å². The monoisotopic (exact) mass is 382 g/mol. The number of esters is 1. The molecule has 0 bridgehead atoms. The Morgan fingerprint density at radius 3 is 2.48 bits per heavy atom. The lowest BCUT2D eigenvalue weighted by atomic mass is 10.0. The number of rotatable bonds is 6. The first kappa shape index (κ1) is 20.1. The number of nitrogens with one attached hydrogen (secondary N) is 1. The minimum absolute atomic E-state index is 0.0768. The highest BCUT2D eigenvalue weighted by molar-refractivity contribution is 6.24. The minimum atomic E-state index is -1.44. The van der Waals surface area contributed by atoms with Crippen LogP contribution in [0.1, 0.15) is 22.8 Å². The van der Waals surface area contributed by atoms with Gasteiger partial charge in [-0.05, 0) is 32.0 Å². The first-order valence-corrected chi connectivity index (χ1v) is 7.70. The molecule has 0 saturated heterocycles. The zero-order valence-electron chi connectivity index (χ0n) is 14.3. The van der Waals surface area contributed by atoms with E-state index in [-0.39, 0.29) is 12.4 Å². The third kappa shape index (κ3) is 4.49. The van der Waals surface area contributed by atoms with Crippen LogP contribution in [0.5, 0.6) is 0 Å². The molecule has 0 amide bonds. The summed E-state index contributed by atoms with van der Waals surface area (Å²) in [6.07, 6.45) is 1.76. The van der Waals surface area contributed by atoms with E-state index >= 15 is 0 Å². The SMILES string of the molecule is CCOC(=O)/C(=C/Nc1ccc(F)cn1)C(=O)c1cc(F)c(F)c(C)c1F. The fraction of sp³-hybridized carbons (Fsp3) is 0.167. The number of halogens is 4. The topological polar surface area (TPSA) is 68.3 Å². The van der Waals surface area contributed by atoms with E-state index in [1.165, 1.54) is 13.0 Å². The van der Waals surface area contributed by atoms with Crippen LogP contribution >= 0.6 is 0 Å². The Bertz CT molecular complexity index is 912. The Balaban J connectivity index is 2.45. The van der Waals surface area contributed by atoms with Gasteiger partial charge in [-0.1, -0.05) is 0 Å². The van der Waals surface area contributed by atoms with Crippen molar-refractivity contribution in [2.45, 2.75) is 13.8 Å². The molecular formula is C18H14F4N2O3. The van der Waals surface area contributed by atoms with Gasteiger partial charge >= 0.3 is 5.97 Å². The van der Waals surface area contributed by atoms with Crippen molar-refractivity contribution in [2.75, 3.05) is 11.9 Å². The molecule has 1 heterocycles. The number of carbonyl (C=O) groups is 2. The van der Waals surface area contributed by atoms with Gasteiger partial charge < -0.3 is 10.1 Å². The Labute approximate surface area is 151 Å². The van der Waals surface area contributed by atoms with Crippen molar-refractivity contribution in [1.82, 2.24) is 4.98 Å². The molecule has 2 aromatic rings. The summed E-state index contributed by atoms with van der Waals surface area (Å²) in [4.78, 5) is 28.3. The molecular weight excluding hydrogens is 368 g/mol. The van der Waals surface area contributed by atoms with Crippen molar-refractivity contribution in [2.24, 2.45) is 0 Å². The summed E-state index contributed by atoms with van der Waals surface area (Å²) < 4.78 is 58.9. The number of aromatic nitrogens is 1. The van der Waals surface area contributed by atoms with E-state index in [9.17, 15) is 27.2 Å². The Morgan fingerprint density at radius 1 is 1.19 bits per heavy atom. The summed E-state index contributed by atoms with van der Waals surface area (Å²) in [5, 5.41) is 2.47. The van der Waals surface area contributed by atoms with Gasteiger partial charge in [-0.3, -0.25) is 4.79 Å². The second kappa shape index (κ2) is 8.43. The maximum atomic E-state index is 14.2. The lowest BCUT2D eigenvalue weighted by molar-refractivity contribution is -0.138. The molecule has 9 heteroatoms. The second-order valence-corrected chi connectivity index (χ2v) is 5.27. The molecule has 0 aliphatic carbocycles. The first-order valence-electron chi connectivity index (χ1n) is 7.70. The smallest absolute Gasteiger partial charge is 0.343 e. The standard InChI is InChI=1S/C18H14F4N2O3/c1-3-27-18(26)12(8-24-14-5-4-10(19)7-23-14)17(25)11-6-13(20)16(22)9(2)15(11)21/h4-8H,3H2,1-2H3,(H,23,24)/b12-8+. The maximum absolute atomic E-state index is 14.2. The van der Waals surface area contributed by atoms with Gasteiger partial charge in [0.1, 0.15) is 23.0 Å². The molecule has 1 N–H and O–H groups in total. The molecule has 1 aromatic heterocycles. The molecule has 0 spiro atoms. The van der Waals surface area contributed by atoms with E-state index in [4.69, 9.17) is 4.74 Å². The second-order valence-electron chi connectivity index (χ2n) is 5.27. The number of pyridine rings is 1. The molecule has 0 aliphatic heterocycles. The van der Waals surface area contributed by atoms with E-state index in [0.29, 0.717) is 6.07 Å². The van der Waals surface area contributed by atoms with Gasteiger partial charge in [0.05, 0.1) is 18.4 Å². The average Bonchev–Trinajstić information content (AvgIpc) is 2.64. The molecule has 27 heavy (non-hydrogen) atoms. The highest BCUT2D eigenvalue weighted by Gasteiger charge is 2.27. The van der Waals surface area contributed by atoms with Crippen LogP contribution in [0, 0.1) is 30.2 Å². The number of ether oxygens (including phenoxy) is 1. The number of benzene rings is 1. The molecule has 0 unspecified atom stereocenters. The fourth-order valence-electron chi connectivity index (χ4n) is 2.07. The molecule has 5 nitrogen and oxygen atoms in total. The van der Waals surface area contributed by atoms with Crippen LogP contribution in [0.25, 0.3) is 0 Å². The normalized spacial score (nSPS) is 11.3. The summed E-state index contributed by atoms with van der Waals surface area (Å²) in [6.45, 7) is 2.35. The predicted molar refractivity (Wildman–Crippen MR) is 87.9 cm³/mol. The lowest BCUT2D eigenvalue weighted by Gasteiger charge is -2.10. The predicted octanol–water partition coefficient (Wildman–Crippen LogP) is 3.69. The highest BCUT2D eigenvalue weighted by Crippen LogP contribution is 2.22. The van der Waals surface area contributed by atoms with Gasteiger partial charge in [0.25, 0.3) is 0 Å². The van der Waals surface area contributed by atoms with Crippen molar-refractivity contribution in [3.8, 4) is 0 Å². The van der Waals surface area contributed by atoms with Crippen LogP contribution in [0.4, 0.5) is 23.4 Å². The molecule has 0 saturated carbocycles. The lowest BCUT2D eigenvalue weighted by Crippen LogP contribution is -2.19. The van der Waals surface area contributed by atoms with E-state index in [0.717, 1.165) is 25.4 Å². The van der Waals surface area contributed by atoms with Gasteiger partial charge in [-0.15, -0.1) is 0 Å². The summed E-state index contributed by atoms with van der Waals surface area (Å²) in [6, 6.07) is 2.66. The Kier molecular flexibility index (Phi) is 6.27. The highest BCUT2D eigenvalue weighted by atomic mass is 19.2. The molecule has 142 valence electrons. The summed E-state index contributed by atoms with van der Waals surface area (Å²) in [7, 11) is 0. The number of ketones is 1. The third-order valence-electron chi connectivity index (χ3n) is 3.45. The van der Waals surface area contributed by atoms with Crippen LogP contribution in [-0.4, -0.2) is 23.3 Å². The van der Waals surface area contributed by atoms with Crippen molar-refractivity contribution in [1.29, 1.82) is 0 Å². The van der Waals surface area contributed by atoms with Crippen molar-refractivity contribution >= 4 is 17.6 Å². The number of hydrogen-bond donors (Lipinski definition) is 1. The molecule has 0 atom stereocenters. The molecule has 0 fully saturated rings. The third-order valence-corrected chi connectivity index (χ3v) is 3.45. The van der Waals surface area contributed by atoms with Crippen molar-refractivity contribution in [3.63, 3.8) is 0 Å². The Hall–Kier alpha value is -3.23. The van der Waals surface area contributed by atoms with Crippen molar-refractivity contribution < 1.29 is 31.9 Å². The zero-order valence-corrected chi connectivity index (χ0v) is 14.3. The van der Waals surface area contributed by atoms with Gasteiger partial charge in [0, 0.05) is 11.8 Å². The fourth-order valence-corrected chi connectivity index (χ4v) is 2.07. The van der Waals surface area contributed by atoms with Crippen LogP contribution < -0.4 is 5.32 Å². The quantitative estimate of drug-likeness (QED) is 0.157. The largest absolute Gasteiger partial charge is 0.462 e.